The molecule has 0 radical (unpaired) electrons. The second kappa shape index (κ2) is 9.30. The molecule has 0 saturated heterocycles. The van der Waals surface area contributed by atoms with Gasteiger partial charge in [0.25, 0.3) is 5.56 Å². The van der Waals surface area contributed by atoms with Crippen LogP contribution in [0.2, 0.25) is 0 Å². The maximum atomic E-state index is 12.8. The molecule has 2 aromatic carbocycles. The van der Waals surface area contributed by atoms with E-state index in [9.17, 15) is 9.59 Å². The fourth-order valence-corrected chi connectivity index (χ4v) is 3.18. The number of nitrogens with zero attached hydrogens (tertiary/aromatic N) is 2. The monoisotopic (exact) mass is 411 g/mol. The van der Waals surface area contributed by atoms with Crippen LogP contribution in [0.1, 0.15) is 18.3 Å². The molecule has 0 aliphatic carbocycles. The predicted molar refractivity (Wildman–Crippen MR) is 113 cm³/mol. The number of fused-ring (bicyclic) bond motifs is 1. The Bertz CT molecular complexity index is 1090. The molecule has 3 rings (SSSR count). The average molecular weight is 411 g/mol. The number of aromatic nitrogens is 2. The van der Waals surface area contributed by atoms with Crippen molar-refractivity contribution in [2.75, 3.05) is 27.9 Å². The summed E-state index contributed by atoms with van der Waals surface area (Å²) >= 11 is 0. The van der Waals surface area contributed by atoms with Crippen LogP contribution in [0.5, 0.6) is 17.2 Å². The summed E-state index contributed by atoms with van der Waals surface area (Å²) in [4.78, 5) is 34.3. The Morgan fingerprint density at radius 3 is 2.30 bits per heavy atom. The number of carbonyl (C=O) groups excluding carboxylic acids is 1. The molecule has 30 heavy (non-hydrogen) atoms. The van der Waals surface area contributed by atoms with E-state index in [2.05, 4.69) is 9.97 Å². The number of methoxy groups -OCH3 is 3. The number of hydrogen-bond donors (Lipinski definition) is 1. The number of aromatic amines is 1. The van der Waals surface area contributed by atoms with Crippen LogP contribution in [0.3, 0.4) is 0 Å². The van der Waals surface area contributed by atoms with Gasteiger partial charge in [-0.15, -0.1) is 0 Å². The van der Waals surface area contributed by atoms with E-state index in [0.717, 1.165) is 11.3 Å². The van der Waals surface area contributed by atoms with Gasteiger partial charge in [0.2, 0.25) is 5.91 Å². The number of ether oxygens (including phenoxy) is 3. The molecule has 8 nitrogen and oxygen atoms in total. The number of H-pyrrole nitrogens is 1. The van der Waals surface area contributed by atoms with E-state index in [-0.39, 0.29) is 24.4 Å². The van der Waals surface area contributed by atoms with Crippen molar-refractivity contribution >= 4 is 16.8 Å². The summed E-state index contributed by atoms with van der Waals surface area (Å²) in [7, 11) is 4.63. The Hall–Kier alpha value is -3.55. The van der Waals surface area contributed by atoms with Crippen molar-refractivity contribution in [1.29, 1.82) is 0 Å². The lowest BCUT2D eigenvalue weighted by Crippen LogP contribution is -2.33. The third-order valence-corrected chi connectivity index (χ3v) is 4.85. The standard InChI is InChI=1S/C22H25N3O5/c1-5-25(21(26)10-14-6-8-15(28-2)9-7-14)13-20-23-17-12-19(30-4)18(29-3)11-16(17)22(27)24-20/h6-9,11-12H,5,10,13H2,1-4H3,(H,23,24,27). The Kier molecular flexibility index (Phi) is 6.56. The molecule has 0 atom stereocenters. The Morgan fingerprint density at radius 1 is 1.03 bits per heavy atom. The Morgan fingerprint density at radius 2 is 1.70 bits per heavy atom. The maximum Gasteiger partial charge on any atom is 0.258 e. The fraction of sp³-hybridized carbons (Fsp3) is 0.318. The SMILES string of the molecule is CCN(Cc1nc2cc(OC)c(OC)cc2c(=O)[nH]1)C(=O)Cc1ccc(OC)cc1. The van der Waals surface area contributed by atoms with E-state index in [1.165, 1.54) is 14.2 Å². The molecule has 0 aliphatic rings. The lowest BCUT2D eigenvalue weighted by atomic mass is 10.1. The van der Waals surface area contributed by atoms with E-state index < -0.39 is 0 Å². The highest BCUT2D eigenvalue weighted by Crippen LogP contribution is 2.30. The van der Waals surface area contributed by atoms with Crippen LogP contribution in [-0.2, 0) is 17.8 Å². The minimum atomic E-state index is -0.297. The van der Waals surface area contributed by atoms with Crippen LogP contribution < -0.4 is 19.8 Å². The fourth-order valence-electron chi connectivity index (χ4n) is 3.18. The first-order valence-electron chi connectivity index (χ1n) is 9.54. The maximum absolute atomic E-state index is 12.8. The van der Waals surface area contributed by atoms with Crippen LogP contribution in [0, 0.1) is 0 Å². The Labute approximate surface area is 174 Å². The smallest absolute Gasteiger partial charge is 0.258 e. The van der Waals surface area contributed by atoms with Crippen molar-refractivity contribution in [1.82, 2.24) is 14.9 Å². The van der Waals surface area contributed by atoms with Crippen LogP contribution in [0.25, 0.3) is 10.9 Å². The summed E-state index contributed by atoms with van der Waals surface area (Å²) in [5.41, 5.74) is 1.07. The summed E-state index contributed by atoms with van der Waals surface area (Å²) in [5.74, 6) is 2.03. The van der Waals surface area contributed by atoms with Gasteiger partial charge in [-0.25, -0.2) is 4.98 Å². The van der Waals surface area contributed by atoms with Gasteiger partial charge in [0.15, 0.2) is 11.5 Å². The molecule has 0 fully saturated rings. The third-order valence-electron chi connectivity index (χ3n) is 4.85. The largest absolute Gasteiger partial charge is 0.497 e. The summed E-state index contributed by atoms with van der Waals surface area (Å²) in [6.07, 6.45) is 0.251. The molecule has 1 amide bonds. The zero-order chi connectivity index (χ0) is 21.7. The quantitative estimate of drug-likeness (QED) is 0.612. The molecule has 158 valence electrons. The number of amides is 1. The highest BCUT2D eigenvalue weighted by molar-refractivity contribution is 5.82. The van der Waals surface area contributed by atoms with Crippen molar-refractivity contribution in [2.45, 2.75) is 19.9 Å². The van der Waals surface area contributed by atoms with Gasteiger partial charge in [0.05, 0.1) is 45.2 Å². The molecule has 1 aromatic heterocycles. The third kappa shape index (κ3) is 4.53. The van der Waals surface area contributed by atoms with Crippen LogP contribution in [0.15, 0.2) is 41.2 Å². The van der Waals surface area contributed by atoms with Crippen molar-refractivity contribution in [3.63, 3.8) is 0 Å². The molecule has 0 aliphatic heterocycles. The number of carbonyl (C=O) groups is 1. The summed E-state index contributed by atoms with van der Waals surface area (Å²) in [5, 5.41) is 0.393. The zero-order valence-electron chi connectivity index (χ0n) is 17.5. The minimum absolute atomic E-state index is 0.0577. The normalized spacial score (nSPS) is 10.7. The first-order chi connectivity index (χ1) is 14.5. The van der Waals surface area contributed by atoms with E-state index in [1.54, 1.807) is 24.1 Å². The zero-order valence-corrected chi connectivity index (χ0v) is 17.5. The second-order valence-electron chi connectivity index (χ2n) is 6.67. The summed E-state index contributed by atoms with van der Waals surface area (Å²) in [6.45, 7) is 2.58. The van der Waals surface area contributed by atoms with Gasteiger partial charge in [-0.1, -0.05) is 12.1 Å². The van der Waals surface area contributed by atoms with Gasteiger partial charge in [0, 0.05) is 12.6 Å². The van der Waals surface area contributed by atoms with Crippen molar-refractivity contribution in [3.8, 4) is 17.2 Å². The lowest BCUT2D eigenvalue weighted by Gasteiger charge is -2.20. The highest BCUT2D eigenvalue weighted by atomic mass is 16.5. The van der Waals surface area contributed by atoms with Gasteiger partial charge in [-0.3, -0.25) is 9.59 Å². The van der Waals surface area contributed by atoms with Gasteiger partial charge < -0.3 is 24.1 Å². The topological polar surface area (TPSA) is 93.8 Å². The van der Waals surface area contributed by atoms with Gasteiger partial charge in [-0.2, -0.15) is 0 Å². The predicted octanol–water partition coefficient (Wildman–Crippen LogP) is 2.54. The number of benzene rings is 2. The lowest BCUT2D eigenvalue weighted by molar-refractivity contribution is -0.131. The summed E-state index contributed by atoms with van der Waals surface area (Å²) in [6, 6.07) is 10.6. The highest BCUT2D eigenvalue weighted by Gasteiger charge is 2.16. The molecule has 0 unspecified atom stereocenters. The van der Waals surface area contributed by atoms with Gasteiger partial charge in [-0.05, 0) is 30.7 Å². The number of likely N-dealkylation sites (N-methyl/N-ethyl adjacent to an activating group) is 1. The summed E-state index contributed by atoms with van der Waals surface area (Å²) < 4.78 is 15.7. The van der Waals surface area contributed by atoms with E-state index in [0.29, 0.717) is 34.8 Å². The first-order valence-corrected chi connectivity index (χ1v) is 9.54. The molecular weight excluding hydrogens is 386 g/mol. The van der Waals surface area contributed by atoms with Gasteiger partial charge >= 0.3 is 0 Å². The second-order valence-corrected chi connectivity index (χ2v) is 6.67. The molecule has 8 heteroatoms. The van der Waals surface area contributed by atoms with Crippen molar-refractivity contribution < 1.29 is 19.0 Å². The minimum Gasteiger partial charge on any atom is -0.497 e. The van der Waals surface area contributed by atoms with Crippen LogP contribution in [-0.4, -0.2) is 48.6 Å². The van der Waals surface area contributed by atoms with E-state index in [4.69, 9.17) is 14.2 Å². The molecule has 0 spiro atoms. The molecule has 0 saturated carbocycles. The van der Waals surface area contributed by atoms with E-state index in [1.807, 2.05) is 31.2 Å². The number of nitrogens with one attached hydrogen (secondary N) is 1. The molecule has 0 bridgehead atoms. The van der Waals surface area contributed by atoms with Crippen LogP contribution >= 0.6 is 0 Å². The Balaban J connectivity index is 1.83. The number of rotatable bonds is 8. The molecule has 1 N–H and O–H groups in total. The molecular formula is C22H25N3O5. The first kappa shape index (κ1) is 21.2. The molecule has 1 heterocycles. The molecule has 3 aromatic rings. The average Bonchev–Trinajstić information content (AvgIpc) is 2.77. The van der Waals surface area contributed by atoms with Crippen LogP contribution in [0.4, 0.5) is 0 Å². The number of hydrogen-bond acceptors (Lipinski definition) is 6. The van der Waals surface area contributed by atoms with Crippen molar-refractivity contribution in [2.24, 2.45) is 0 Å². The van der Waals surface area contributed by atoms with Gasteiger partial charge in [0.1, 0.15) is 11.6 Å². The van der Waals surface area contributed by atoms with E-state index >= 15 is 0 Å². The van der Waals surface area contributed by atoms with Crippen molar-refractivity contribution in [3.05, 3.63) is 58.1 Å².